The second-order valence-electron chi connectivity index (χ2n) is 5.69. The molecule has 1 heterocycles. The lowest BCUT2D eigenvalue weighted by molar-refractivity contribution is 0.272. The van der Waals surface area contributed by atoms with Crippen LogP contribution in [0.25, 0.3) is 0 Å². The number of hydrogen-bond donors (Lipinski definition) is 0. The molecular formula is C16H25NO. The van der Waals surface area contributed by atoms with E-state index in [0.29, 0.717) is 11.3 Å². The summed E-state index contributed by atoms with van der Waals surface area (Å²) in [6.07, 6.45) is 2.48. The quantitative estimate of drug-likeness (QED) is 0.809. The average molecular weight is 247 g/mol. The van der Waals surface area contributed by atoms with E-state index in [1.165, 1.54) is 24.9 Å². The maximum absolute atomic E-state index is 5.39. The minimum atomic E-state index is 0.304. The highest BCUT2D eigenvalue weighted by Gasteiger charge is 2.42. The van der Waals surface area contributed by atoms with E-state index in [9.17, 15) is 0 Å². The third kappa shape index (κ3) is 2.26. The lowest BCUT2D eigenvalue weighted by Gasteiger charge is -2.36. The van der Waals surface area contributed by atoms with E-state index in [2.05, 4.69) is 44.0 Å². The Labute approximate surface area is 111 Å². The van der Waals surface area contributed by atoms with E-state index < -0.39 is 0 Å². The van der Waals surface area contributed by atoms with Gasteiger partial charge in [0, 0.05) is 12.0 Å². The van der Waals surface area contributed by atoms with Crippen molar-refractivity contribution in [1.82, 2.24) is 4.90 Å². The first-order valence-corrected chi connectivity index (χ1v) is 6.95. The molecule has 1 fully saturated rings. The van der Waals surface area contributed by atoms with Crippen LogP contribution in [0, 0.1) is 5.92 Å². The van der Waals surface area contributed by atoms with Crippen molar-refractivity contribution in [2.75, 3.05) is 27.2 Å². The number of likely N-dealkylation sites (N-methyl/N-ethyl adjacent to an activating group) is 1. The zero-order valence-corrected chi connectivity index (χ0v) is 12.1. The van der Waals surface area contributed by atoms with E-state index >= 15 is 0 Å². The van der Waals surface area contributed by atoms with Gasteiger partial charge in [-0.15, -0.1) is 0 Å². The highest BCUT2D eigenvalue weighted by atomic mass is 16.5. The van der Waals surface area contributed by atoms with Crippen LogP contribution in [0.1, 0.15) is 32.3 Å². The summed E-state index contributed by atoms with van der Waals surface area (Å²) in [4.78, 5) is 2.45. The van der Waals surface area contributed by atoms with Gasteiger partial charge in [-0.2, -0.15) is 0 Å². The number of methoxy groups -OCH3 is 1. The molecule has 2 nitrogen and oxygen atoms in total. The standard InChI is InChI=1S/C16H25NO/c1-5-13(2)16(9-10-17(3)12-16)14-7-6-8-15(11-14)18-4/h6-8,11,13H,5,9-10,12H2,1-4H3/t13-,16-/m0/s1. The summed E-state index contributed by atoms with van der Waals surface area (Å²) in [6, 6.07) is 8.66. The average Bonchev–Trinajstić information content (AvgIpc) is 2.81. The van der Waals surface area contributed by atoms with Crippen molar-refractivity contribution in [3.8, 4) is 5.75 Å². The predicted molar refractivity (Wildman–Crippen MR) is 76.2 cm³/mol. The highest BCUT2D eigenvalue weighted by molar-refractivity contribution is 5.36. The Hall–Kier alpha value is -1.02. The third-order valence-corrected chi connectivity index (χ3v) is 4.69. The SMILES string of the molecule is CC[C@H](C)[C@]1(c2cccc(OC)c2)CCN(C)C1. The van der Waals surface area contributed by atoms with Gasteiger partial charge in [0.1, 0.15) is 5.75 Å². The van der Waals surface area contributed by atoms with Crippen LogP contribution in [-0.4, -0.2) is 32.1 Å². The zero-order valence-electron chi connectivity index (χ0n) is 12.1. The highest BCUT2D eigenvalue weighted by Crippen LogP contribution is 2.42. The fraction of sp³-hybridized carbons (Fsp3) is 0.625. The molecule has 100 valence electrons. The summed E-state index contributed by atoms with van der Waals surface area (Å²) >= 11 is 0. The second kappa shape index (κ2) is 5.31. The van der Waals surface area contributed by atoms with E-state index in [1.54, 1.807) is 7.11 Å². The van der Waals surface area contributed by atoms with Gasteiger partial charge in [0.25, 0.3) is 0 Å². The van der Waals surface area contributed by atoms with Crippen molar-refractivity contribution in [1.29, 1.82) is 0 Å². The molecule has 18 heavy (non-hydrogen) atoms. The van der Waals surface area contributed by atoms with E-state index in [0.717, 1.165) is 12.3 Å². The number of benzene rings is 1. The van der Waals surface area contributed by atoms with Crippen LogP contribution >= 0.6 is 0 Å². The lowest BCUT2D eigenvalue weighted by Crippen LogP contribution is -2.36. The predicted octanol–water partition coefficient (Wildman–Crippen LogP) is 3.31. The van der Waals surface area contributed by atoms with Crippen LogP contribution in [0.2, 0.25) is 0 Å². The van der Waals surface area contributed by atoms with Gasteiger partial charge in [-0.1, -0.05) is 32.4 Å². The molecule has 0 aliphatic carbocycles. The van der Waals surface area contributed by atoms with Gasteiger partial charge in [0.15, 0.2) is 0 Å². The van der Waals surface area contributed by atoms with Gasteiger partial charge in [-0.05, 0) is 43.6 Å². The summed E-state index contributed by atoms with van der Waals surface area (Å²) in [6.45, 7) is 7.04. The van der Waals surface area contributed by atoms with Crippen molar-refractivity contribution in [3.63, 3.8) is 0 Å². The molecule has 0 amide bonds. The molecule has 0 saturated carbocycles. The van der Waals surface area contributed by atoms with Gasteiger partial charge >= 0.3 is 0 Å². The minimum Gasteiger partial charge on any atom is -0.497 e. The van der Waals surface area contributed by atoms with E-state index in [4.69, 9.17) is 4.74 Å². The van der Waals surface area contributed by atoms with Crippen LogP contribution in [0.4, 0.5) is 0 Å². The minimum absolute atomic E-state index is 0.304. The molecule has 0 N–H and O–H groups in total. The largest absolute Gasteiger partial charge is 0.497 e. The van der Waals surface area contributed by atoms with Crippen LogP contribution in [-0.2, 0) is 5.41 Å². The van der Waals surface area contributed by atoms with Crippen molar-refractivity contribution in [3.05, 3.63) is 29.8 Å². The topological polar surface area (TPSA) is 12.5 Å². The first-order chi connectivity index (χ1) is 8.62. The van der Waals surface area contributed by atoms with Gasteiger partial charge in [-0.3, -0.25) is 0 Å². The number of ether oxygens (including phenoxy) is 1. The molecule has 0 bridgehead atoms. The normalized spacial score (nSPS) is 26.2. The molecule has 2 heteroatoms. The summed E-state index contributed by atoms with van der Waals surface area (Å²) in [5.74, 6) is 1.68. The van der Waals surface area contributed by atoms with Gasteiger partial charge in [0.05, 0.1) is 7.11 Å². The molecular weight excluding hydrogens is 222 g/mol. The summed E-state index contributed by atoms with van der Waals surface area (Å²) in [5.41, 5.74) is 1.75. The number of rotatable bonds is 4. The Kier molecular flexibility index (Phi) is 3.96. The fourth-order valence-electron chi connectivity index (χ4n) is 3.28. The van der Waals surface area contributed by atoms with Crippen LogP contribution in [0.15, 0.2) is 24.3 Å². The van der Waals surface area contributed by atoms with E-state index in [1.807, 2.05) is 6.07 Å². The number of hydrogen-bond acceptors (Lipinski definition) is 2. The fourth-order valence-corrected chi connectivity index (χ4v) is 3.28. The molecule has 0 unspecified atom stereocenters. The van der Waals surface area contributed by atoms with Crippen molar-refractivity contribution in [2.45, 2.75) is 32.1 Å². The first kappa shape index (κ1) is 13.4. The molecule has 0 aromatic heterocycles. The number of likely N-dealkylation sites (tertiary alicyclic amines) is 1. The molecule has 1 aliphatic rings. The van der Waals surface area contributed by atoms with Gasteiger partial charge in [-0.25, -0.2) is 0 Å². The zero-order chi connectivity index (χ0) is 13.2. The Morgan fingerprint density at radius 3 is 2.78 bits per heavy atom. The Balaban J connectivity index is 2.40. The Morgan fingerprint density at radius 2 is 2.22 bits per heavy atom. The van der Waals surface area contributed by atoms with Crippen molar-refractivity contribution < 1.29 is 4.74 Å². The molecule has 0 radical (unpaired) electrons. The maximum Gasteiger partial charge on any atom is 0.119 e. The monoisotopic (exact) mass is 247 g/mol. The number of nitrogens with zero attached hydrogens (tertiary/aromatic N) is 1. The molecule has 1 aromatic carbocycles. The van der Waals surface area contributed by atoms with Gasteiger partial charge < -0.3 is 9.64 Å². The first-order valence-electron chi connectivity index (χ1n) is 6.95. The Morgan fingerprint density at radius 1 is 1.44 bits per heavy atom. The molecule has 1 aromatic rings. The smallest absolute Gasteiger partial charge is 0.119 e. The van der Waals surface area contributed by atoms with Crippen LogP contribution < -0.4 is 4.74 Å². The maximum atomic E-state index is 5.39. The molecule has 1 aliphatic heterocycles. The second-order valence-corrected chi connectivity index (χ2v) is 5.69. The summed E-state index contributed by atoms with van der Waals surface area (Å²) in [7, 11) is 3.97. The molecule has 2 rings (SSSR count). The Bertz CT molecular complexity index is 404. The summed E-state index contributed by atoms with van der Waals surface area (Å²) < 4.78 is 5.39. The van der Waals surface area contributed by atoms with Crippen molar-refractivity contribution in [2.24, 2.45) is 5.92 Å². The molecule has 1 saturated heterocycles. The third-order valence-electron chi connectivity index (χ3n) is 4.69. The van der Waals surface area contributed by atoms with Crippen molar-refractivity contribution >= 4 is 0 Å². The van der Waals surface area contributed by atoms with Crippen LogP contribution in [0.3, 0.4) is 0 Å². The van der Waals surface area contributed by atoms with Gasteiger partial charge in [0.2, 0.25) is 0 Å². The van der Waals surface area contributed by atoms with Crippen LogP contribution in [0.5, 0.6) is 5.75 Å². The van der Waals surface area contributed by atoms with E-state index in [-0.39, 0.29) is 0 Å². The summed E-state index contributed by atoms with van der Waals surface area (Å²) in [5, 5.41) is 0. The molecule has 0 spiro atoms. The molecule has 2 atom stereocenters. The lowest BCUT2D eigenvalue weighted by atomic mass is 9.69.